The van der Waals surface area contributed by atoms with Crippen molar-refractivity contribution in [3.05, 3.63) is 67.6 Å². The van der Waals surface area contributed by atoms with Gasteiger partial charge in [-0.05, 0) is 62.1 Å². The average Bonchev–Trinajstić information content (AvgIpc) is 4.07. The van der Waals surface area contributed by atoms with E-state index in [1.54, 1.807) is 18.2 Å². The van der Waals surface area contributed by atoms with Crippen molar-refractivity contribution in [1.82, 2.24) is 9.97 Å². The van der Waals surface area contributed by atoms with Gasteiger partial charge in [0.1, 0.15) is 8.67 Å². The zero-order valence-corrected chi connectivity index (χ0v) is 36.4. The Balaban J connectivity index is 0.000000205. The zero-order chi connectivity index (χ0) is 43.8. The summed E-state index contributed by atoms with van der Waals surface area (Å²) in [4.78, 5) is 85.1. The predicted molar refractivity (Wildman–Crippen MR) is 236 cm³/mol. The molecule has 0 atom stereocenters. The number of carbonyl (C=O) groups excluding carboxylic acids is 4. The summed E-state index contributed by atoms with van der Waals surface area (Å²) < 4.78 is 5.36. The van der Waals surface area contributed by atoms with E-state index in [4.69, 9.17) is 38.2 Å². The number of hydrogen-bond acceptors (Lipinski definition) is 13. The molecule has 324 valence electrons. The summed E-state index contributed by atoms with van der Waals surface area (Å²) in [6, 6.07) is 9.44. The third-order valence-electron chi connectivity index (χ3n) is 10.4. The molecule has 2 aromatic heterocycles. The van der Waals surface area contributed by atoms with Crippen LogP contribution in [-0.4, -0.2) is 96.1 Å². The fraction of sp³-hybridized carbons (Fsp3) is 0.400. The molecule has 61 heavy (non-hydrogen) atoms. The summed E-state index contributed by atoms with van der Waals surface area (Å²) >= 11 is 13.4. The summed E-state index contributed by atoms with van der Waals surface area (Å²) in [5.41, 5.74) is 2.86. The molecule has 21 heteroatoms. The molecule has 6 N–H and O–H groups in total. The van der Waals surface area contributed by atoms with Gasteiger partial charge >= 0.3 is 24.0 Å². The monoisotopic (exact) mass is 914 g/mol. The van der Waals surface area contributed by atoms with E-state index in [1.807, 2.05) is 37.2 Å². The first-order chi connectivity index (χ1) is 29.2. The largest absolute Gasteiger partial charge is 0.476 e. The SMILES string of the molecule is CN(C)c1ccc(NC(=O)Nc2nc(C(=O)O)c(Cl)s2)c(C(=O)C2CCCC2)c1.O=C(Nc1nc(C(=O)O)c(Cl)s1)Nc1ccc(N2CCOCC2)cc1C(=O)C1CCCC1. The van der Waals surface area contributed by atoms with E-state index in [2.05, 4.69) is 36.1 Å². The van der Waals surface area contributed by atoms with Crippen LogP contribution in [-0.2, 0) is 4.74 Å². The van der Waals surface area contributed by atoms with Crippen LogP contribution in [0.15, 0.2) is 36.4 Å². The van der Waals surface area contributed by atoms with Crippen molar-refractivity contribution in [2.75, 3.05) is 71.5 Å². The molecular formula is C40H44Cl2N8O9S2. The third kappa shape index (κ3) is 11.5. The minimum absolute atomic E-state index is 0.0203. The minimum Gasteiger partial charge on any atom is -0.476 e. The first-order valence-corrected chi connectivity index (χ1v) is 21.9. The summed E-state index contributed by atoms with van der Waals surface area (Å²) in [5.74, 6) is -2.59. The van der Waals surface area contributed by atoms with E-state index >= 15 is 0 Å². The highest BCUT2D eigenvalue weighted by molar-refractivity contribution is 7.20. The molecule has 7 rings (SSSR count). The number of anilines is 6. The summed E-state index contributed by atoms with van der Waals surface area (Å²) in [7, 11) is 3.76. The highest BCUT2D eigenvalue weighted by Crippen LogP contribution is 2.35. The molecule has 0 unspecified atom stereocenters. The number of nitrogens with zero attached hydrogens (tertiary/aromatic N) is 4. The van der Waals surface area contributed by atoms with Crippen LogP contribution in [0, 0.1) is 11.8 Å². The number of carboxylic acids is 2. The zero-order valence-electron chi connectivity index (χ0n) is 33.2. The Morgan fingerprint density at radius 3 is 1.56 bits per heavy atom. The normalized spacial score (nSPS) is 15.4. The maximum absolute atomic E-state index is 13.3. The number of aromatic nitrogens is 2. The number of ether oxygens (including phenoxy) is 1. The second-order valence-corrected chi connectivity index (χ2v) is 17.9. The molecule has 2 aliphatic carbocycles. The Hall–Kier alpha value is -5.34. The Kier molecular flexibility index (Phi) is 15.2. The van der Waals surface area contributed by atoms with Gasteiger partial charge in [-0.15, -0.1) is 0 Å². The van der Waals surface area contributed by atoms with Gasteiger partial charge in [-0.3, -0.25) is 20.2 Å². The van der Waals surface area contributed by atoms with Crippen LogP contribution in [0.3, 0.4) is 0 Å². The van der Waals surface area contributed by atoms with Crippen LogP contribution < -0.4 is 31.1 Å². The van der Waals surface area contributed by atoms with E-state index in [0.717, 1.165) is 98.5 Å². The molecule has 3 fully saturated rings. The van der Waals surface area contributed by atoms with Crippen molar-refractivity contribution in [2.24, 2.45) is 11.8 Å². The lowest BCUT2D eigenvalue weighted by Crippen LogP contribution is -2.36. The van der Waals surface area contributed by atoms with Gasteiger partial charge in [0.2, 0.25) is 0 Å². The molecular weight excluding hydrogens is 872 g/mol. The van der Waals surface area contributed by atoms with Gasteiger partial charge in [0, 0.05) is 61.5 Å². The number of benzene rings is 2. The number of aromatic carboxylic acids is 2. The number of carboxylic acid groups (broad SMARTS) is 2. The molecule has 3 aliphatic rings. The predicted octanol–water partition coefficient (Wildman–Crippen LogP) is 8.93. The lowest BCUT2D eigenvalue weighted by molar-refractivity contribution is 0.0681. The molecule has 0 bridgehead atoms. The number of rotatable bonds is 12. The Morgan fingerprint density at radius 1 is 0.689 bits per heavy atom. The smallest absolute Gasteiger partial charge is 0.357 e. The molecule has 1 saturated heterocycles. The molecule has 1 aliphatic heterocycles. The highest BCUT2D eigenvalue weighted by Gasteiger charge is 2.29. The van der Waals surface area contributed by atoms with Gasteiger partial charge in [0.05, 0.1) is 24.6 Å². The first kappa shape index (κ1) is 45.2. The quantitative estimate of drug-likeness (QED) is 0.0730. The van der Waals surface area contributed by atoms with Gasteiger partial charge < -0.3 is 35.4 Å². The van der Waals surface area contributed by atoms with E-state index in [1.165, 1.54) is 0 Å². The molecule has 4 amide bonds. The number of halogens is 2. The first-order valence-electron chi connectivity index (χ1n) is 19.5. The number of carbonyl (C=O) groups is 6. The lowest BCUT2D eigenvalue weighted by Gasteiger charge is -2.29. The van der Waals surface area contributed by atoms with E-state index in [9.17, 15) is 28.8 Å². The molecule has 2 saturated carbocycles. The van der Waals surface area contributed by atoms with Crippen LogP contribution >= 0.6 is 45.9 Å². The Morgan fingerprint density at radius 2 is 1.13 bits per heavy atom. The highest BCUT2D eigenvalue weighted by atomic mass is 35.5. The van der Waals surface area contributed by atoms with Gasteiger partial charge in [0.25, 0.3) is 0 Å². The van der Waals surface area contributed by atoms with E-state index in [0.29, 0.717) is 35.7 Å². The van der Waals surface area contributed by atoms with Crippen LogP contribution in [0.1, 0.15) is 93.1 Å². The number of amides is 4. The van der Waals surface area contributed by atoms with Crippen molar-refractivity contribution in [3.8, 4) is 0 Å². The molecule has 3 heterocycles. The summed E-state index contributed by atoms with van der Waals surface area (Å²) in [6.07, 6.45) is 7.52. The van der Waals surface area contributed by atoms with Crippen molar-refractivity contribution in [3.63, 3.8) is 0 Å². The van der Waals surface area contributed by atoms with Gasteiger partial charge in [0.15, 0.2) is 33.2 Å². The van der Waals surface area contributed by atoms with Crippen LogP contribution in [0.4, 0.5) is 42.6 Å². The maximum Gasteiger partial charge on any atom is 0.357 e. The van der Waals surface area contributed by atoms with Gasteiger partial charge in [-0.25, -0.2) is 29.1 Å². The van der Waals surface area contributed by atoms with Gasteiger partial charge in [-0.1, -0.05) is 71.6 Å². The number of urea groups is 2. The summed E-state index contributed by atoms with van der Waals surface area (Å²) in [6.45, 7) is 2.73. The lowest BCUT2D eigenvalue weighted by atomic mass is 9.94. The van der Waals surface area contributed by atoms with Crippen molar-refractivity contribution in [2.45, 2.75) is 51.4 Å². The van der Waals surface area contributed by atoms with Crippen molar-refractivity contribution < 1.29 is 43.7 Å². The standard InChI is InChI=1S/C21H23ClN4O5S.C19H21ClN4O4S/c22-18-16(19(28)29)24-21(32-18)25-20(30)23-15-6-5-13(26-7-9-31-10-8-26)11-14(15)17(27)12-3-1-2-4-12;1-24(2)11-7-8-13(12(9-11)15(25)10-5-3-4-6-10)21-18(28)23-19-22-14(17(26)27)16(20)29-19/h5-6,11-12H,1-4,7-10H2,(H,28,29)(H2,23,24,25,30);7-10H,3-6H2,1-2H3,(H,26,27)(H2,21,22,23,28). The fourth-order valence-electron chi connectivity index (χ4n) is 7.28. The Bertz CT molecular complexity index is 2300. The fourth-order valence-corrected chi connectivity index (χ4v) is 9.32. The summed E-state index contributed by atoms with van der Waals surface area (Å²) in [5, 5.41) is 28.5. The van der Waals surface area contributed by atoms with Crippen molar-refractivity contribution in [1.29, 1.82) is 0 Å². The molecule has 17 nitrogen and oxygen atoms in total. The number of Topliss-reactive ketones (excluding diaryl/α,β-unsaturated/α-hetero) is 2. The Labute approximate surface area is 368 Å². The molecule has 0 radical (unpaired) electrons. The van der Waals surface area contributed by atoms with Gasteiger partial charge in [-0.2, -0.15) is 0 Å². The van der Waals surface area contributed by atoms with Crippen molar-refractivity contribution >= 4 is 114 Å². The third-order valence-corrected chi connectivity index (χ3v) is 12.7. The average molecular weight is 916 g/mol. The number of thiazole rings is 2. The van der Waals surface area contributed by atoms with Crippen LogP contribution in [0.2, 0.25) is 8.67 Å². The molecule has 0 spiro atoms. The van der Waals surface area contributed by atoms with Crippen LogP contribution in [0.25, 0.3) is 0 Å². The number of nitrogens with one attached hydrogen (secondary N) is 4. The molecule has 4 aromatic rings. The molecule has 2 aromatic carbocycles. The second-order valence-electron chi connectivity index (χ2n) is 14.7. The minimum atomic E-state index is -1.28. The second kappa shape index (κ2) is 20.5. The van der Waals surface area contributed by atoms with E-state index in [-0.39, 0.29) is 53.7 Å². The topological polar surface area (TPSA) is 232 Å². The van der Waals surface area contributed by atoms with E-state index < -0.39 is 24.0 Å². The number of morpholine rings is 1. The maximum atomic E-state index is 13.3. The van der Waals surface area contributed by atoms with Crippen LogP contribution in [0.5, 0.6) is 0 Å². The number of hydrogen-bond donors (Lipinski definition) is 6. The number of ketones is 2.